The fourth-order valence-corrected chi connectivity index (χ4v) is 2.08. The largest absolute Gasteiger partial charge is 0.480 e. The van der Waals surface area contributed by atoms with Gasteiger partial charge < -0.3 is 9.47 Å². The lowest BCUT2D eigenvalue weighted by Gasteiger charge is -2.10. The van der Waals surface area contributed by atoms with Crippen LogP contribution in [0.1, 0.15) is 0 Å². The molecule has 0 fully saturated rings. The molecule has 0 saturated heterocycles. The number of fused-ring (bicyclic) bond motifs is 1. The van der Waals surface area contributed by atoms with Gasteiger partial charge in [-0.25, -0.2) is 15.0 Å². The Morgan fingerprint density at radius 3 is 2.45 bits per heavy atom. The van der Waals surface area contributed by atoms with Gasteiger partial charge in [0.2, 0.25) is 11.8 Å². The molecule has 3 rings (SSSR count). The molecule has 0 atom stereocenters. The normalized spacial score (nSPS) is 10.5. The third-order valence-corrected chi connectivity index (χ3v) is 3.00. The molecule has 5 heteroatoms. The van der Waals surface area contributed by atoms with E-state index in [4.69, 9.17) is 9.47 Å². The van der Waals surface area contributed by atoms with Crippen molar-refractivity contribution >= 4 is 10.9 Å². The summed E-state index contributed by atoms with van der Waals surface area (Å²) in [6.07, 6.45) is 3.20. The van der Waals surface area contributed by atoms with Gasteiger partial charge in [-0.05, 0) is 12.1 Å². The molecule has 0 aliphatic heterocycles. The molecule has 0 aliphatic rings. The van der Waals surface area contributed by atoms with Crippen LogP contribution in [0.3, 0.4) is 0 Å². The lowest BCUT2D eigenvalue weighted by molar-refractivity contribution is 0.392. The van der Waals surface area contributed by atoms with Crippen LogP contribution in [0.2, 0.25) is 0 Å². The predicted molar refractivity (Wildman–Crippen MR) is 75.9 cm³/mol. The van der Waals surface area contributed by atoms with Gasteiger partial charge in [0.25, 0.3) is 0 Å². The van der Waals surface area contributed by atoms with Gasteiger partial charge in [-0.3, -0.25) is 0 Å². The maximum Gasteiger partial charge on any atom is 0.240 e. The van der Waals surface area contributed by atoms with Crippen LogP contribution in [0.5, 0.6) is 11.8 Å². The zero-order valence-corrected chi connectivity index (χ0v) is 11.2. The van der Waals surface area contributed by atoms with Crippen LogP contribution in [0.4, 0.5) is 0 Å². The van der Waals surface area contributed by atoms with E-state index < -0.39 is 0 Å². The molecule has 20 heavy (non-hydrogen) atoms. The minimum Gasteiger partial charge on any atom is -0.480 e. The van der Waals surface area contributed by atoms with E-state index in [0.717, 1.165) is 16.5 Å². The van der Waals surface area contributed by atoms with E-state index in [1.54, 1.807) is 26.6 Å². The zero-order chi connectivity index (χ0) is 13.9. The Morgan fingerprint density at radius 2 is 1.65 bits per heavy atom. The first-order chi connectivity index (χ1) is 9.83. The number of rotatable bonds is 3. The average molecular weight is 267 g/mol. The number of ether oxygens (including phenoxy) is 2. The summed E-state index contributed by atoms with van der Waals surface area (Å²) in [5.74, 6) is 0.949. The summed E-state index contributed by atoms with van der Waals surface area (Å²) in [6, 6.07) is 9.82. The van der Waals surface area contributed by atoms with Gasteiger partial charge in [0.1, 0.15) is 5.69 Å². The highest BCUT2D eigenvalue weighted by molar-refractivity contribution is 5.86. The van der Waals surface area contributed by atoms with Crippen molar-refractivity contribution in [1.29, 1.82) is 0 Å². The van der Waals surface area contributed by atoms with Gasteiger partial charge in [0.15, 0.2) is 0 Å². The second-order valence-electron chi connectivity index (χ2n) is 4.15. The highest BCUT2D eigenvalue weighted by Crippen LogP contribution is 2.34. The molecule has 0 aliphatic carbocycles. The Morgan fingerprint density at radius 1 is 0.900 bits per heavy atom. The molecular formula is C15H13N3O2. The standard InChI is InChI=1S/C15H13N3O2/c1-19-14-11(13-15(20-2)17-8-7-16-13)9-10-5-3-4-6-12(10)18-14/h3-9H,1-2H3. The van der Waals surface area contributed by atoms with Crippen LogP contribution in [0, 0.1) is 0 Å². The molecule has 0 amide bonds. The minimum atomic E-state index is 0.447. The van der Waals surface area contributed by atoms with Crippen molar-refractivity contribution in [3.63, 3.8) is 0 Å². The van der Waals surface area contributed by atoms with Gasteiger partial charge in [-0.2, -0.15) is 0 Å². The second-order valence-corrected chi connectivity index (χ2v) is 4.15. The maximum absolute atomic E-state index is 5.37. The number of hydrogen-bond acceptors (Lipinski definition) is 5. The molecule has 0 radical (unpaired) electrons. The number of methoxy groups -OCH3 is 2. The van der Waals surface area contributed by atoms with Crippen molar-refractivity contribution in [2.75, 3.05) is 14.2 Å². The fourth-order valence-electron chi connectivity index (χ4n) is 2.08. The molecule has 0 unspecified atom stereocenters. The Balaban J connectivity index is 2.29. The van der Waals surface area contributed by atoms with Crippen LogP contribution < -0.4 is 9.47 Å². The SMILES string of the molecule is COc1nc2ccccc2cc1-c1nccnc1OC. The number of aromatic nitrogens is 3. The van der Waals surface area contributed by atoms with Gasteiger partial charge in [0, 0.05) is 17.8 Å². The first-order valence-corrected chi connectivity index (χ1v) is 6.12. The van der Waals surface area contributed by atoms with Gasteiger partial charge in [0.05, 0.1) is 25.3 Å². The first kappa shape index (κ1) is 12.3. The number of para-hydroxylation sites is 1. The smallest absolute Gasteiger partial charge is 0.240 e. The van der Waals surface area contributed by atoms with E-state index in [0.29, 0.717) is 17.5 Å². The van der Waals surface area contributed by atoms with E-state index in [1.165, 1.54) is 0 Å². The molecule has 3 aromatic rings. The third kappa shape index (κ3) is 2.03. The summed E-state index contributed by atoms with van der Waals surface area (Å²) in [4.78, 5) is 13.0. The van der Waals surface area contributed by atoms with Gasteiger partial charge in [-0.15, -0.1) is 0 Å². The van der Waals surface area contributed by atoms with Crippen LogP contribution in [0.15, 0.2) is 42.7 Å². The van der Waals surface area contributed by atoms with Crippen LogP contribution >= 0.6 is 0 Å². The Bertz CT molecular complexity index is 759. The van der Waals surface area contributed by atoms with E-state index in [9.17, 15) is 0 Å². The van der Waals surface area contributed by atoms with Crippen molar-refractivity contribution in [3.05, 3.63) is 42.7 Å². The fraction of sp³-hybridized carbons (Fsp3) is 0.133. The molecule has 0 bridgehead atoms. The molecule has 0 saturated carbocycles. The maximum atomic E-state index is 5.37. The van der Waals surface area contributed by atoms with Gasteiger partial charge >= 0.3 is 0 Å². The number of hydrogen-bond donors (Lipinski definition) is 0. The lowest BCUT2D eigenvalue weighted by Crippen LogP contribution is -1.98. The van der Waals surface area contributed by atoms with Crippen molar-refractivity contribution in [2.45, 2.75) is 0 Å². The minimum absolute atomic E-state index is 0.447. The molecule has 2 aromatic heterocycles. The number of benzene rings is 1. The Kier molecular flexibility index (Phi) is 3.16. The number of nitrogens with zero attached hydrogens (tertiary/aromatic N) is 3. The molecule has 0 spiro atoms. The van der Waals surface area contributed by atoms with E-state index in [1.807, 2.05) is 30.3 Å². The summed E-state index contributed by atoms with van der Waals surface area (Å²) in [5.41, 5.74) is 2.25. The topological polar surface area (TPSA) is 57.1 Å². The third-order valence-electron chi connectivity index (χ3n) is 3.00. The summed E-state index contributed by atoms with van der Waals surface area (Å²) in [5, 5.41) is 1.01. The molecular weight excluding hydrogens is 254 g/mol. The zero-order valence-electron chi connectivity index (χ0n) is 11.2. The Labute approximate surface area is 116 Å². The molecule has 0 N–H and O–H groups in total. The summed E-state index contributed by atoms with van der Waals surface area (Å²) < 4.78 is 10.6. The molecule has 2 heterocycles. The number of pyridine rings is 1. The van der Waals surface area contributed by atoms with E-state index in [2.05, 4.69) is 15.0 Å². The van der Waals surface area contributed by atoms with E-state index >= 15 is 0 Å². The summed E-state index contributed by atoms with van der Waals surface area (Å²) >= 11 is 0. The van der Waals surface area contributed by atoms with Crippen molar-refractivity contribution < 1.29 is 9.47 Å². The monoisotopic (exact) mass is 267 g/mol. The van der Waals surface area contributed by atoms with Crippen LogP contribution in [-0.4, -0.2) is 29.2 Å². The quantitative estimate of drug-likeness (QED) is 0.730. The lowest BCUT2D eigenvalue weighted by atomic mass is 10.1. The average Bonchev–Trinajstić information content (AvgIpc) is 2.53. The van der Waals surface area contributed by atoms with Crippen molar-refractivity contribution in [1.82, 2.24) is 15.0 Å². The predicted octanol–water partition coefficient (Wildman–Crippen LogP) is 2.71. The highest BCUT2D eigenvalue weighted by atomic mass is 16.5. The van der Waals surface area contributed by atoms with Crippen LogP contribution in [0.25, 0.3) is 22.2 Å². The van der Waals surface area contributed by atoms with Crippen LogP contribution in [-0.2, 0) is 0 Å². The van der Waals surface area contributed by atoms with Crippen molar-refractivity contribution in [3.8, 4) is 23.0 Å². The first-order valence-electron chi connectivity index (χ1n) is 6.12. The van der Waals surface area contributed by atoms with Gasteiger partial charge in [-0.1, -0.05) is 18.2 Å². The van der Waals surface area contributed by atoms with E-state index in [-0.39, 0.29) is 0 Å². The summed E-state index contributed by atoms with van der Waals surface area (Å²) in [7, 11) is 3.15. The molecule has 100 valence electrons. The van der Waals surface area contributed by atoms with Crippen molar-refractivity contribution in [2.24, 2.45) is 0 Å². The molecule has 5 nitrogen and oxygen atoms in total. The second kappa shape index (κ2) is 5.13. The molecule has 1 aromatic carbocycles. The summed E-state index contributed by atoms with van der Waals surface area (Å²) in [6.45, 7) is 0. The Hall–Kier alpha value is -2.69. The highest BCUT2D eigenvalue weighted by Gasteiger charge is 2.15.